The summed E-state index contributed by atoms with van der Waals surface area (Å²) in [6.45, 7) is 0. The fourth-order valence-electron chi connectivity index (χ4n) is 2.48. The van der Waals surface area contributed by atoms with Crippen LogP contribution in [0.2, 0.25) is 0 Å². The van der Waals surface area contributed by atoms with E-state index in [-0.39, 0.29) is 23.6 Å². The van der Waals surface area contributed by atoms with Gasteiger partial charge in [0, 0.05) is 6.04 Å². The molecule has 2 unspecified atom stereocenters. The van der Waals surface area contributed by atoms with Gasteiger partial charge in [-0.05, 0) is 25.0 Å². The van der Waals surface area contributed by atoms with Crippen molar-refractivity contribution in [1.82, 2.24) is 10.2 Å². The van der Waals surface area contributed by atoms with Crippen molar-refractivity contribution >= 4 is 11.7 Å². The zero-order valence-electron chi connectivity index (χ0n) is 10.7. The number of amides is 1. The summed E-state index contributed by atoms with van der Waals surface area (Å²) in [6, 6.07) is 5.23. The number of hydrogen-bond donors (Lipinski definition) is 2. The summed E-state index contributed by atoms with van der Waals surface area (Å²) in [6.07, 6.45) is 4.95. The number of nitrogens with two attached hydrogens (primary N) is 1. The van der Waals surface area contributed by atoms with E-state index in [1.165, 1.54) is 0 Å². The van der Waals surface area contributed by atoms with Crippen molar-refractivity contribution in [2.75, 3.05) is 5.32 Å². The fraction of sp³-hybridized carbons (Fsp3) is 0.538. The maximum Gasteiger partial charge on any atom is 0.222 e. The molecule has 1 amide bonds. The van der Waals surface area contributed by atoms with Gasteiger partial charge in [-0.15, -0.1) is 10.2 Å². The molecule has 6 heteroatoms. The van der Waals surface area contributed by atoms with Gasteiger partial charge in [0.05, 0.1) is 5.92 Å². The van der Waals surface area contributed by atoms with Crippen molar-refractivity contribution in [2.24, 2.45) is 11.7 Å². The Bertz CT molecular complexity index is 479. The standard InChI is InChI=1S/C13H17N5O/c14-8-9-6-7-12(18-17-9)16-11-5-3-1-2-4-10(11)13(15)19/h6-7,10-11H,1-5H2,(H2,15,19)(H,16,18). The number of rotatable bonds is 3. The fourth-order valence-corrected chi connectivity index (χ4v) is 2.48. The molecule has 0 aliphatic heterocycles. The first kappa shape index (κ1) is 13.3. The maximum absolute atomic E-state index is 11.5. The molecule has 2 rings (SSSR count). The molecule has 1 aromatic heterocycles. The predicted molar refractivity (Wildman–Crippen MR) is 69.9 cm³/mol. The molecule has 1 saturated carbocycles. The van der Waals surface area contributed by atoms with E-state index in [1.807, 2.05) is 6.07 Å². The highest BCUT2D eigenvalue weighted by Crippen LogP contribution is 2.25. The Kier molecular flexibility index (Phi) is 4.29. The van der Waals surface area contributed by atoms with Crippen LogP contribution in [0.5, 0.6) is 0 Å². The Labute approximate surface area is 112 Å². The Morgan fingerprint density at radius 3 is 2.74 bits per heavy atom. The van der Waals surface area contributed by atoms with Crippen LogP contribution in [-0.4, -0.2) is 22.1 Å². The van der Waals surface area contributed by atoms with Gasteiger partial charge in [0.25, 0.3) is 0 Å². The van der Waals surface area contributed by atoms with Gasteiger partial charge in [0.1, 0.15) is 11.9 Å². The highest BCUT2D eigenvalue weighted by molar-refractivity contribution is 5.78. The van der Waals surface area contributed by atoms with Crippen LogP contribution in [-0.2, 0) is 4.79 Å². The van der Waals surface area contributed by atoms with Crippen molar-refractivity contribution in [3.8, 4) is 6.07 Å². The van der Waals surface area contributed by atoms with Crippen molar-refractivity contribution in [3.63, 3.8) is 0 Å². The number of nitrogens with zero attached hydrogens (tertiary/aromatic N) is 3. The van der Waals surface area contributed by atoms with Crippen molar-refractivity contribution < 1.29 is 4.79 Å². The van der Waals surface area contributed by atoms with Gasteiger partial charge in [-0.3, -0.25) is 4.79 Å². The lowest BCUT2D eigenvalue weighted by Gasteiger charge is -2.23. The van der Waals surface area contributed by atoms with E-state index >= 15 is 0 Å². The van der Waals surface area contributed by atoms with E-state index in [1.54, 1.807) is 12.1 Å². The zero-order chi connectivity index (χ0) is 13.7. The minimum absolute atomic E-state index is 0.00207. The minimum Gasteiger partial charge on any atom is -0.369 e. The summed E-state index contributed by atoms with van der Waals surface area (Å²) in [4.78, 5) is 11.5. The van der Waals surface area contributed by atoms with Crippen LogP contribution in [0.4, 0.5) is 5.82 Å². The molecule has 1 aliphatic carbocycles. The second kappa shape index (κ2) is 6.14. The average Bonchev–Trinajstić information content (AvgIpc) is 2.65. The van der Waals surface area contributed by atoms with Gasteiger partial charge in [-0.1, -0.05) is 19.3 Å². The predicted octanol–water partition coefficient (Wildman–Crippen LogP) is 1.19. The molecule has 19 heavy (non-hydrogen) atoms. The topological polar surface area (TPSA) is 105 Å². The number of primary amides is 1. The molecular weight excluding hydrogens is 242 g/mol. The number of carbonyl (C=O) groups excluding carboxylic acids is 1. The molecule has 1 aliphatic rings. The van der Waals surface area contributed by atoms with Gasteiger partial charge in [-0.25, -0.2) is 0 Å². The van der Waals surface area contributed by atoms with Gasteiger partial charge < -0.3 is 11.1 Å². The van der Waals surface area contributed by atoms with Crippen molar-refractivity contribution in [2.45, 2.75) is 38.1 Å². The van der Waals surface area contributed by atoms with E-state index in [4.69, 9.17) is 11.0 Å². The molecule has 1 aromatic rings. The molecule has 1 fully saturated rings. The highest BCUT2D eigenvalue weighted by atomic mass is 16.1. The third-order valence-electron chi connectivity index (χ3n) is 3.49. The van der Waals surface area contributed by atoms with E-state index in [0.29, 0.717) is 5.82 Å². The molecule has 2 atom stereocenters. The summed E-state index contributed by atoms with van der Waals surface area (Å²) in [7, 11) is 0. The molecular formula is C13H17N5O. The van der Waals surface area contributed by atoms with Gasteiger partial charge in [-0.2, -0.15) is 5.26 Å². The smallest absolute Gasteiger partial charge is 0.222 e. The first-order valence-corrected chi connectivity index (χ1v) is 6.50. The lowest BCUT2D eigenvalue weighted by Crippen LogP contribution is -2.37. The quantitative estimate of drug-likeness (QED) is 0.793. The molecule has 1 heterocycles. The number of anilines is 1. The van der Waals surface area contributed by atoms with Gasteiger partial charge in [0.2, 0.25) is 5.91 Å². The molecule has 0 bridgehead atoms. The molecule has 6 nitrogen and oxygen atoms in total. The molecule has 100 valence electrons. The summed E-state index contributed by atoms with van der Waals surface area (Å²) < 4.78 is 0. The second-order valence-corrected chi connectivity index (χ2v) is 4.81. The number of hydrogen-bond acceptors (Lipinski definition) is 5. The number of nitriles is 1. The van der Waals surface area contributed by atoms with Gasteiger partial charge >= 0.3 is 0 Å². The van der Waals surface area contributed by atoms with Crippen molar-refractivity contribution in [3.05, 3.63) is 17.8 Å². The molecule has 0 spiro atoms. The normalized spacial score (nSPS) is 23.1. The van der Waals surface area contributed by atoms with E-state index in [0.717, 1.165) is 32.1 Å². The summed E-state index contributed by atoms with van der Waals surface area (Å²) in [5, 5.41) is 19.6. The number of nitrogens with one attached hydrogen (secondary N) is 1. The Balaban J connectivity index is 2.09. The van der Waals surface area contributed by atoms with Crippen LogP contribution >= 0.6 is 0 Å². The minimum atomic E-state index is -0.263. The Hall–Kier alpha value is -2.16. The Morgan fingerprint density at radius 2 is 2.11 bits per heavy atom. The largest absolute Gasteiger partial charge is 0.369 e. The molecule has 3 N–H and O–H groups in total. The number of aromatic nitrogens is 2. The van der Waals surface area contributed by atoms with E-state index in [9.17, 15) is 4.79 Å². The SMILES string of the molecule is N#Cc1ccc(NC2CCCCCC2C(N)=O)nn1. The van der Waals surface area contributed by atoms with Crippen LogP contribution in [0.1, 0.15) is 37.8 Å². The van der Waals surface area contributed by atoms with Crippen LogP contribution in [0.15, 0.2) is 12.1 Å². The first-order valence-electron chi connectivity index (χ1n) is 6.50. The Morgan fingerprint density at radius 1 is 1.32 bits per heavy atom. The zero-order valence-corrected chi connectivity index (χ0v) is 10.7. The third kappa shape index (κ3) is 3.41. The lowest BCUT2D eigenvalue weighted by atomic mass is 9.94. The number of carbonyl (C=O) groups is 1. The summed E-state index contributed by atoms with van der Waals surface area (Å²) in [5.41, 5.74) is 5.74. The first-order chi connectivity index (χ1) is 9.20. The monoisotopic (exact) mass is 259 g/mol. The second-order valence-electron chi connectivity index (χ2n) is 4.81. The van der Waals surface area contributed by atoms with Gasteiger partial charge in [0.15, 0.2) is 5.69 Å². The van der Waals surface area contributed by atoms with E-state index < -0.39 is 0 Å². The molecule has 0 saturated heterocycles. The van der Waals surface area contributed by atoms with E-state index in [2.05, 4.69) is 15.5 Å². The highest BCUT2D eigenvalue weighted by Gasteiger charge is 2.28. The molecule has 0 aromatic carbocycles. The van der Waals surface area contributed by atoms with Crippen LogP contribution in [0.3, 0.4) is 0 Å². The van der Waals surface area contributed by atoms with Crippen LogP contribution < -0.4 is 11.1 Å². The molecule has 0 radical (unpaired) electrons. The maximum atomic E-state index is 11.5. The van der Waals surface area contributed by atoms with Crippen LogP contribution in [0, 0.1) is 17.2 Å². The average molecular weight is 259 g/mol. The summed E-state index contributed by atoms with van der Waals surface area (Å²) >= 11 is 0. The van der Waals surface area contributed by atoms with Crippen LogP contribution in [0.25, 0.3) is 0 Å². The third-order valence-corrected chi connectivity index (χ3v) is 3.49. The lowest BCUT2D eigenvalue weighted by molar-refractivity contribution is -0.122. The van der Waals surface area contributed by atoms with Crippen molar-refractivity contribution in [1.29, 1.82) is 5.26 Å². The summed E-state index contributed by atoms with van der Waals surface area (Å²) in [5.74, 6) is 0.151.